The highest BCUT2D eigenvalue weighted by molar-refractivity contribution is 9.10. The summed E-state index contributed by atoms with van der Waals surface area (Å²) in [6, 6.07) is 7.95. The predicted octanol–water partition coefficient (Wildman–Crippen LogP) is 5.33. The van der Waals surface area contributed by atoms with Crippen molar-refractivity contribution in [2.45, 2.75) is 92.8 Å². The highest BCUT2D eigenvalue weighted by atomic mass is 79.9. The molecule has 0 radical (unpaired) electrons. The Bertz CT molecular complexity index is 1270. The van der Waals surface area contributed by atoms with Gasteiger partial charge in [0.15, 0.2) is 6.04 Å². The van der Waals surface area contributed by atoms with E-state index in [2.05, 4.69) is 20.7 Å². The van der Waals surface area contributed by atoms with Crippen molar-refractivity contribution in [2.75, 3.05) is 6.61 Å². The maximum atomic E-state index is 16.1. The average Bonchev–Trinajstić information content (AvgIpc) is 3.21. The number of sulfonamides is 1. The quantitative estimate of drug-likeness (QED) is 0.386. The van der Waals surface area contributed by atoms with Gasteiger partial charge in [0.1, 0.15) is 5.75 Å². The van der Waals surface area contributed by atoms with Crippen LogP contribution in [-0.2, 0) is 20.7 Å². The summed E-state index contributed by atoms with van der Waals surface area (Å²) in [6.07, 6.45) is 8.19. The number of rotatable bonds is 9. The van der Waals surface area contributed by atoms with Crippen LogP contribution >= 0.6 is 15.9 Å². The Balaban J connectivity index is 1.38. The van der Waals surface area contributed by atoms with Gasteiger partial charge in [0.2, 0.25) is 15.9 Å². The van der Waals surface area contributed by atoms with Crippen molar-refractivity contribution < 1.29 is 26.7 Å². The molecule has 1 amide bonds. The van der Waals surface area contributed by atoms with Crippen LogP contribution in [-0.4, -0.2) is 50.0 Å². The maximum Gasteiger partial charge on any atom is 0.298 e. The SMILES string of the molecule is NC1CC2CCC(C1)N2C(=O)[C@@H](NS(=O)(=O)c1ccc(OCC2CCCCC2)cc1)C(F)(F)c1ccc(Br)cc1. The number of carbonyl (C=O) groups is 1. The standard InChI is InChI=1S/C29H36BrF2N3O4S/c30-21-8-6-20(7-9-21)29(31,32)27(28(36)35-23-10-11-24(35)17-22(33)16-23)34-40(37,38)26-14-12-25(13-15-26)39-18-19-4-2-1-3-5-19/h6-9,12-15,19,22-24,27,34H,1-5,10-11,16-18,33H2/t22?,23?,24?,27-/m1/s1. The van der Waals surface area contributed by atoms with Crippen LogP contribution in [0.3, 0.4) is 0 Å². The molecule has 3 aliphatic rings. The number of nitrogens with one attached hydrogen (secondary N) is 1. The van der Waals surface area contributed by atoms with Gasteiger partial charge in [0, 0.05) is 28.2 Å². The van der Waals surface area contributed by atoms with Crippen LogP contribution in [0.15, 0.2) is 57.9 Å². The predicted molar refractivity (Wildman–Crippen MR) is 152 cm³/mol. The maximum absolute atomic E-state index is 16.1. The van der Waals surface area contributed by atoms with Crippen LogP contribution in [0, 0.1) is 5.92 Å². The third kappa shape index (κ3) is 6.37. The summed E-state index contributed by atoms with van der Waals surface area (Å²) in [4.78, 5) is 15.0. The molecule has 7 nitrogen and oxygen atoms in total. The number of amides is 1. The third-order valence-corrected chi connectivity index (χ3v) is 10.4. The van der Waals surface area contributed by atoms with Gasteiger partial charge in [-0.25, -0.2) is 8.42 Å². The molecule has 218 valence electrons. The first-order valence-corrected chi connectivity index (χ1v) is 16.3. The summed E-state index contributed by atoms with van der Waals surface area (Å²) >= 11 is 3.24. The monoisotopic (exact) mass is 639 g/mol. The second-order valence-electron chi connectivity index (χ2n) is 11.3. The molecule has 2 unspecified atom stereocenters. The number of hydrogen-bond acceptors (Lipinski definition) is 5. The number of halogens is 3. The van der Waals surface area contributed by atoms with Gasteiger partial charge >= 0.3 is 0 Å². The normalized spacial score (nSPS) is 24.6. The van der Waals surface area contributed by atoms with Gasteiger partial charge in [-0.15, -0.1) is 0 Å². The van der Waals surface area contributed by atoms with Crippen LogP contribution < -0.4 is 15.2 Å². The molecule has 2 aromatic carbocycles. The molecule has 11 heteroatoms. The number of hydrogen-bond donors (Lipinski definition) is 2. The van der Waals surface area contributed by atoms with E-state index in [9.17, 15) is 13.2 Å². The third-order valence-electron chi connectivity index (χ3n) is 8.48. The molecule has 2 heterocycles. The van der Waals surface area contributed by atoms with Gasteiger partial charge in [-0.1, -0.05) is 47.3 Å². The zero-order valence-electron chi connectivity index (χ0n) is 22.3. The summed E-state index contributed by atoms with van der Waals surface area (Å²) in [6.45, 7) is 0.558. The van der Waals surface area contributed by atoms with Gasteiger partial charge in [0.05, 0.1) is 11.5 Å². The van der Waals surface area contributed by atoms with E-state index in [0.717, 1.165) is 12.8 Å². The van der Waals surface area contributed by atoms with E-state index >= 15 is 8.78 Å². The topological polar surface area (TPSA) is 102 Å². The van der Waals surface area contributed by atoms with E-state index in [4.69, 9.17) is 10.5 Å². The smallest absolute Gasteiger partial charge is 0.298 e. The first kappa shape index (κ1) is 29.4. The van der Waals surface area contributed by atoms with Crippen molar-refractivity contribution in [1.29, 1.82) is 0 Å². The second kappa shape index (κ2) is 12.0. The number of nitrogens with two attached hydrogens (primary N) is 1. The Morgan fingerprint density at radius 3 is 2.20 bits per heavy atom. The van der Waals surface area contributed by atoms with E-state index in [1.54, 1.807) is 0 Å². The summed E-state index contributed by atoms with van der Waals surface area (Å²) in [5, 5.41) is 0. The molecule has 3 N–H and O–H groups in total. The first-order valence-electron chi connectivity index (χ1n) is 14.0. The minimum absolute atomic E-state index is 0.109. The summed E-state index contributed by atoms with van der Waals surface area (Å²) in [5.41, 5.74) is 5.67. The average molecular weight is 641 g/mol. The molecule has 2 aromatic rings. The van der Waals surface area contributed by atoms with Gasteiger partial charge in [-0.2, -0.15) is 13.5 Å². The molecule has 3 fully saturated rings. The van der Waals surface area contributed by atoms with Crippen LogP contribution in [0.2, 0.25) is 0 Å². The van der Waals surface area contributed by atoms with Gasteiger partial charge in [-0.05, 0) is 80.8 Å². The molecule has 40 heavy (non-hydrogen) atoms. The molecule has 0 spiro atoms. The first-order chi connectivity index (χ1) is 19.0. The molecular weight excluding hydrogens is 604 g/mol. The van der Waals surface area contributed by atoms with Gasteiger partial charge in [0.25, 0.3) is 5.92 Å². The van der Waals surface area contributed by atoms with E-state index in [1.165, 1.54) is 72.7 Å². The van der Waals surface area contributed by atoms with Gasteiger partial charge in [-0.3, -0.25) is 4.79 Å². The van der Waals surface area contributed by atoms with Crippen molar-refractivity contribution in [3.05, 3.63) is 58.6 Å². The van der Waals surface area contributed by atoms with E-state index in [1.807, 2.05) is 0 Å². The largest absolute Gasteiger partial charge is 0.493 e. The fourth-order valence-electron chi connectivity index (χ4n) is 6.35. The molecule has 2 aliphatic heterocycles. The number of alkyl halides is 2. The van der Waals surface area contributed by atoms with Crippen LogP contribution in [0.1, 0.15) is 63.4 Å². The molecule has 5 rings (SSSR count). The summed E-state index contributed by atoms with van der Waals surface area (Å²) < 4.78 is 67.5. The van der Waals surface area contributed by atoms with Gasteiger partial charge < -0.3 is 15.4 Å². The fraction of sp³-hybridized carbons (Fsp3) is 0.552. The van der Waals surface area contributed by atoms with Crippen LogP contribution in [0.4, 0.5) is 8.78 Å². The van der Waals surface area contributed by atoms with Crippen molar-refractivity contribution >= 4 is 31.9 Å². The van der Waals surface area contributed by atoms with Crippen molar-refractivity contribution in [3.8, 4) is 5.75 Å². The number of fused-ring (bicyclic) bond motifs is 2. The second-order valence-corrected chi connectivity index (χ2v) is 14.0. The van der Waals surface area contributed by atoms with Crippen LogP contribution in [0.25, 0.3) is 0 Å². The lowest BCUT2D eigenvalue weighted by Crippen LogP contribution is -2.60. The molecule has 0 aromatic heterocycles. The van der Waals surface area contributed by atoms with E-state index < -0.39 is 33.5 Å². The minimum atomic E-state index is -4.49. The summed E-state index contributed by atoms with van der Waals surface area (Å²) in [5.74, 6) is -3.75. The lowest BCUT2D eigenvalue weighted by atomic mass is 9.90. The fourth-order valence-corrected chi connectivity index (χ4v) is 7.81. The highest BCUT2D eigenvalue weighted by Crippen LogP contribution is 2.40. The Morgan fingerprint density at radius 2 is 1.60 bits per heavy atom. The molecule has 2 bridgehead atoms. The highest BCUT2D eigenvalue weighted by Gasteiger charge is 2.53. The minimum Gasteiger partial charge on any atom is -0.493 e. The summed E-state index contributed by atoms with van der Waals surface area (Å²) in [7, 11) is -4.49. The number of ether oxygens (including phenoxy) is 1. The van der Waals surface area contributed by atoms with Crippen molar-refractivity contribution in [1.82, 2.24) is 9.62 Å². The molecule has 1 aliphatic carbocycles. The number of nitrogens with zero attached hydrogens (tertiary/aromatic N) is 1. The number of benzene rings is 2. The number of carbonyl (C=O) groups excluding carboxylic acids is 1. The molecule has 1 saturated carbocycles. The Morgan fingerprint density at radius 1 is 1.00 bits per heavy atom. The molecule has 2 saturated heterocycles. The zero-order chi connectivity index (χ0) is 28.5. The van der Waals surface area contributed by atoms with E-state index in [0.29, 0.717) is 48.4 Å². The zero-order valence-corrected chi connectivity index (χ0v) is 24.7. The molecular formula is C29H36BrF2N3O4S. The van der Waals surface area contributed by atoms with Crippen molar-refractivity contribution in [2.24, 2.45) is 11.7 Å². The number of piperidine rings is 1. The lowest BCUT2D eigenvalue weighted by Gasteiger charge is -2.41. The Hall–Kier alpha value is -2.08. The van der Waals surface area contributed by atoms with Crippen LogP contribution in [0.5, 0.6) is 5.75 Å². The Kier molecular flexibility index (Phi) is 8.85. The Labute approximate surface area is 243 Å². The lowest BCUT2D eigenvalue weighted by molar-refractivity contribution is -0.149. The van der Waals surface area contributed by atoms with E-state index in [-0.39, 0.29) is 23.0 Å². The van der Waals surface area contributed by atoms with Crippen molar-refractivity contribution in [3.63, 3.8) is 0 Å². The molecule has 3 atom stereocenters.